The van der Waals surface area contributed by atoms with Crippen molar-refractivity contribution < 1.29 is 14.3 Å². The van der Waals surface area contributed by atoms with Gasteiger partial charge in [-0.05, 0) is 51.3 Å². The number of esters is 1. The molecule has 42 heavy (non-hydrogen) atoms. The number of nitrogens with zero attached hydrogens (tertiary/aromatic N) is 6. The largest absolute Gasteiger partial charge is 0.461 e. The monoisotopic (exact) mass is 644 g/mol. The van der Waals surface area contributed by atoms with Crippen molar-refractivity contribution in [3.63, 3.8) is 0 Å². The SMILES string of the molecule is CCOC(=O)c1nc(N2CCc3c2nnc(N=c2sc4ccccc4n2COCC[Si](C)(C)C)c3C)sc1CCCCl. The van der Waals surface area contributed by atoms with Gasteiger partial charge in [0.15, 0.2) is 27.3 Å². The maximum absolute atomic E-state index is 12.6. The Morgan fingerprint density at radius 2 is 2.00 bits per heavy atom. The zero-order valence-corrected chi connectivity index (χ0v) is 28.2. The summed E-state index contributed by atoms with van der Waals surface area (Å²) in [7, 11) is -1.18. The van der Waals surface area contributed by atoms with E-state index >= 15 is 0 Å². The van der Waals surface area contributed by atoms with E-state index in [4.69, 9.17) is 31.1 Å². The van der Waals surface area contributed by atoms with Gasteiger partial charge in [0.05, 0.1) is 16.8 Å². The van der Waals surface area contributed by atoms with Crippen LogP contribution in [0.2, 0.25) is 25.7 Å². The number of ether oxygens (including phenoxy) is 2. The fourth-order valence-corrected chi connectivity index (χ4v) is 7.76. The number of thiazole rings is 2. The van der Waals surface area contributed by atoms with Crippen molar-refractivity contribution in [3.05, 3.63) is 50.8 Å². The first-order valence-corrected chi connectivity index (χ1v) is 20.1. The van der Waals surface area contributed by atoms with E-state index in [1.165, 1.54) is 11.3 Å². The van der Waals surface area contributed by atoms with Crippen LogP contribution in [0.1, 0.15) is 39.8 Å². The number of fused-ring (bicyclic) bond motifs is 2. The Kier molecular flexibility index (Phi) is 9.78. The predicted octanol–water partition coefficient (Wildman–Crippen LogP) is 6.84. The molecule has 0 spiro atoms. The van der Waals surface area contributed by atoms with Gasteiger partial charge in [-0.1, -0.05) is 43.1 Å². The standard InChI is InChI=1S/C29H37ClN6O3S2Si/c1-6-39-27(37)24-23(12-9-14-30)41-28(31-24)35-15-13-20-19(2)25(33-34-26(20)35)32-29-36(18-38-16-17-42(3,4)5)21-10-7-8-11-22(21)40-29/h7-8,10-11H,6,9,12-18H2,1-5H3. The van der Waals surface area contributed by atoms with E-state index < -0.39 is 14.0 Å². The smallest absolute Gasteiger partial charge is 0.358 e. The van der Waals surface area contributed by atoms with Crippen LogP contribution in [0.5, 0.6) is 0 Å². The fourth-order valence-electron chi connectivity index (χ4n) is 4.74. The Labute approximate surface area is 260 Å². The highest BCUT2D eigenvalue weighted by Crippen LogP contribution is 2.39. The van der Waals surface area contributed by atoms with E-state index in [9.17, 15) is 4.79 Å². The second kappa shape index (κ2) is 13.3. The van der Waals surface area contributed by atoms with Crippen LogP contribution in [0.15, 0.2) is 29.3 Å². The number of benzene rings is 1. The molecule has 1 aliphatic rings. The average molecular weight is 645 g/mol. The van der Waals surface area contributed by atoms with Gasteiger partial charge in [0, 0.05) is 43.1 Å². The van der Waals surface area contributed by atoms with E-state index in [1.807, 2.05) is 17.0 Å². The van der Waals surface area contributed by atoms with E-state index in [2.05, 4.69) is 53.5 Å². The van der Waals surface area contributed by atoms with E-state index in [0.29, 0.717) is 43.7 Å². The van der Waals surface area contributed by atoms with Crippen LogP contribution in [-0.2, 0) is 29.0 Å². The van der Waals surface area contributed by atoms with Crippen molar-refractivity contribution >= 4 is 75.3 Å². The van der Waals surface area contributed by atoms with E-state index in [0.717, 1.165) is 67.5 Å². The summed E-state index contributed by atoms with van der Waals surface area (Å²) in [6.07, 6.45) is 2.23. The summed E-state index contributed by atoms with van der Waals surface area (Å²) in [6, 6.07) is 9.41. The molecule has 0 saturated heterocycles. The molecule has 9 nitrogen and oxygen atoms in total. The first-order valence-electron chi connectivity index (χ1n) is 14.3. The Morgan fingerprint density at radius 1 is 1.19 bits per heavy atom. The predicted molar refractivity (Wildman–Crippen MR) is 174 cm³/mol. The van der Waals surface area contributed by atoms with Gasteiger partial charge in [0.1, 0.15) is 6.73 Å². The minimum Gasteiger partial charge on any atom is -0.461 e. The molecule has 13 heteroatoms. The Balaban J connectivity index is 1.46. The number of aromatic nitrogens is 4. The Morgan fingerprint density at radius 3 is 2.76 bits per heavy atom. The third-order valence-electron chi connectivity index (χ3n) is 7.07. The first kappa shape index (κ1) is 30.8. The number of carbonyl (C=O) groups is 1. The Bertz CT molecular complexity index is 1640. The summed E-state index contributed by atoms with van der Waals surface area (Å²) in [5.74, 6) is 1.48. The molecule has 0 N–H and O–H groups in total. The first-order chi connectivity index (χ1) is 20.2. The van der Waals surface area contributed by atoms with E-state index in [-0.39, 0.29) is 0 Å². The van der Waals surface area contributed by atoms with Gasteiger partial charge in [-0.3, -0.25) is 4.57 Å². The zero-order chi connectivity index (χ0) is 29.9. The number of alkyl halides is 1. The number of rotatable bonds is 12. The van der Waals surface area contributed by atoms with Gasteiger partial charge in [0.25, 0.3) is 0 Å². The molecule has 224 valence electrons. The lowest BCUT2D eigenvalue weighted by molar-refractivity contribution is 0.0519. The third kappa shape index (κ3) is 6.78. The van der Waals surface area contributed by atoms with Gasteiger partial charge in [-0.15, -0.1) is 33.1 Å². The van der Waals surface area contributed by atoms with Crippen LogP contribution in [-0.4, -0.2) is 59.4 Å². The molecule has 0 unspecified atom stereocenters. The van der Waals surface area contributed by atoms with Gasteiger partial charge in [-0.25, -0.2) is 9.78 Å². The molecule has 4 heterocycles. The molecule has 3 aromatic heterocycles. The second-order valence-corrected chi connectivity index (χ2v) is 19.4. The van der Waals surface area contributed by atoms with Crippen LogP contribution in [0.4, 0.5) is 16.8 Å². The highest BCUT2D eigenvalue weighted by Gasteiger charge is 2.30. The lowest BCUT2D eigenvalue weighted by atomic mass is 10.1. The lowest BCUT2D eigenvalue weighted by Gasteiger charge is -2.16. The van der Waals surface area contributed by atoms with Gasteiger partial charge in [-0.2, -0.15) is 4.99 Å². The van der Waals surface area contributed by atoms with Gasteiger partial charge in [0.2, 0.25) is 0 Å². The van der Waals surface area contributed by atoms with Crippen molar-refractivity contribution in [1.82, 2.24) is 19.7 Å². The number of aryl methyl sites for hydroxylation is 1. The highest BCUT2D eigenvalue weighted by molar-refractivity contribution is 7.16. The van der Waals surface area contributed by atoms with Crippen LogP contribution < -0.4 is 9.70 Å². The zero-order valence-electron chi connectivity index (χ0n) is 24.8. The highest BCUT2D eigenvalue weighted by atomic mass is 35.5. The summed E-state index contributed by atoms with van der Waals surface area (Å²) in [4.78, 5) is 26.1. The van der Waals surface area contributed by atoms with Crippen molar-refractivity contribution in [1.29, 1.82) is 0 Å². The van der Waals surface area contributed by atoms with Crippen molar-refractivity contribution in [3.8, 4) is 0 Å². The number of para-hydroxylation sites is 1. The maximum Gasteiger partial charge on any atom is 0.358 e. The molecule has 0 fully saturated rings. The van der Waals surface area contributed by atoms with Crippen LogP contribution >= 0.6 is 34.3 Å². The van der Waals surface area contributed by atoms with Crippen LogP contribution in [0.3, 0.4) is 0 Å². The molecule has 0 saturated carbocycles. The minimum absolute atomic E-state index is 0.300. The van der Waals surface area contributed by atoms with Crippen molar-refractivity contribution in [2.45, 2.75) is 65.5 Å². The molecular formula is C29H37ClN6O3S2Si. The molecular weight excluding hydrogens is 608 g/mol. The molecule has 4 aromatic rings. The minimum atomic E-state index is -1.18. The molecule has 0 radical (unpaired) electrons. The van der Waals surface area contributed by atoms with Gasteiger partial charge >= 0.3 is 5.97 Å². The molecule has 0 bridgehead atoms. The fraction of sp³-hybridized carbons (Fsp3) is 0.483. The van der Waals surface area contributed by atoms with Crippen molar-refractivity contribution in [2.24, 2.45) is 4.99 Å². The molecule has 5 rings (SSSR count). The van der Waals surface area contributed by atoms with Gasteiger partial charge < -0.3 is 14.4 Å². The summed E-state index contributed by atoms with van der Waals surface area (Å²) in [5, 5.41) is 9.91. The summed E-state index contributed by atoms with van der Waals surface area (Å²) in [6.45, 7) is 13.1. The number of halogens is 1. The average Bonchev–Trinajstić information content (AvgIpc) is 3.66. The topological polar surface area (TPSA) is 94.7 Å². The summed E-state index contributed by atoms with van der Waals surface area (Å²) >= 11 is 9.06. The number of hydrogen-bond donors (Lipinski definition) is 0. The van der Waals surface area contributed by atoms with Crippen LogP contribution in [0, 0.1) is 6.92 Å². The van der Waals surface area contributed by atoms with Crippen molar-refractivity contribution in [2.75, 3.05) is 30.5 Å². The molecule has 1 aromatic carbocycles. The number of carbonyl (C=O) groups excluding carboxylic acids is 1. The molecule has 1 aliphatic heterocycles. The molecule has 0 aliphatic carbocycles. The normalized spacial score (nSPS) is 13.8. The third-order valence-corrected chi connectivity index (χ3v) is 11.2. The number of anilines is 2. The summed E-state index contributed by atoms with van der Waals surface area (Å²) in [5.41, 5.74) is 3.56. The quantitative estimate of drug-likeness (QED) is 0.0721. The van der Waals surface area contributed by atoms with E-state index in [1.54, 1.807) is 18.3 Å². The second-order valence-electron chi connectivity index (χ2n) is 11.4. The molecule has 0 amide bonds. The van der Waals surface area contributed by atoms with Crippen LogP contribution in [0.25, 0.3) is 10.2 Å². The molecule has 0 atom stereocenters. The summed E-state index contributed by atoms with van der Waals surface area (Å²) < 4.78 is 14.7. The Hall–Kier alpha value is -2.64. The number of hydrogen-bond acceptors (Lipinski definition) is 10. The maximum atomic E-state index is 12.6. The lowest BCUT2D eigenvalue weighted by Crippen LogP contribution is -2.23.